The topological polar surface area (TPSA) is 47.0 Å². The highest BCUT2D eigenvalue weighted by atomic mass is 16.5. The molecule has 0 bridgehead atoms. The van der Waals surface area contributed by atoms with Crippen LogP contribution in [0.4, 0.5) is 5.82 Å². The lowest BCUT2D eigenvalue weighted by molar-refractivity contribution is 0.162. The molecule has 0 saturated carbocycles. The molecule has 1 aromatic heterocycles. The second kappa shape index (κ2) is 5.08. The van der Waals surface area contributed by atoms with Crippen molar-refractivity contribution in [1.82, 2.24) is 9.97 Å². The molecule has 0 radical (unpaired) electrons. The summed E-state index contributed by atoms with van der Waals surface area (Å²) < 4.78 is 5.83. The van der Waals surface area contributed by atoms with E-state index >= 15 is 0 Å². The Morgan fingerprint density at radius 1 is 1.16 bits per heavy atom. The van der Waals surface area contributed by atoms with Crippen molar-refractivity contribution < 1.29 is 4.74 Å². The van der Waals surface area contributed by atoms with E-state index < -0.39 is 5.60 Å². The van der Waals surface area contributed by atoms with Crippen molar-refractivity contribution in [2.24, 2.45) is 0 Å². The van der Waals surface area contributed by atoms with E-state index in [1.165, 1.54) is 0 Å². The third-order valence-electron chi connectivity index (χ3n) is 2.71. The van der Waals surface area contributed by atoms with Crippen LogP contribution in [0.25, 0.3) is 0 Å². The Morgan fingerprint density at radius 3 is 2.16 bits per heavy atom. The summed E-state index contributed by atoms with van der Waals surface area (Å²) >= 11 is 0. The largest absolute Gasteiger partial charge is 0.458 e. The van der Waals surface area contributed by atoms with Crippen LogP contribution in [0.2, 0.25) is 0 Å². The van der Waals surface area contributed by atoms with E-state index in [1.54, 1.807) is 0 Å². The average molecular weight is 261 g/mol. The first-order valence-corrected chi connectivity index (χ1v) is 6.34. The molecule has 0 fully saturated rings. The summed E-state index contributed by atoms with van der Waals surface area (Å²) in [6, 6.07) is 0. The van der Waals surface area contributed by atoms with Crippen LogP contribution in [0.1, 0.15) is 46.0 Å². The smallest absolute Gasteiger partial charge is 0.223 e. The van der Waals surface area contributed by atoms with Gasteiger partial charge < -0.3 is 10.1 Å². The van der Waals surface area contributed by atoms with Gasteiger partial charge in [0.25, 0.3) is 0 Å². The molecule has 1 rings (SSSR count). The van der Waals surface area contributed by atoms with Crippen LogP contribution in [-0.2, 0) is 5.41 Å². The number of terminal acetylenes is 1. The van der Waals surface area contributed by atoms with E-state index in [4.69, 9.17) is 11.2 Å². The van der Waals surface area contributed by atoms with E-state index in [2.05, 4.69) is 42.0 Å². The molecule has 0 aliphatic carbocycles. The fourth-order valence-electron chi connectivity index (χ4n) is 1.45. The first kappa shape index (κ1) is 15.3. The van der Waals surface area contributed by atoms with Gasteiger partial charge in [0.2, 0.25) is 5.88 Å². The maximum Gasteiger partial charge on any atom is 0.223 e. The maximum absolute atomic E-state index is 5.83. The number of aromatic nitrogens is 2. The van der Waals surface area contributed by atoms with Crippen molar-refractivity contribution in [3.8, 4) is 18.2 Å². The fraction of sp³-hybridized carbons (Fsp3) is 0.600. The second-order valence-corrected chi connectivity index (χ2v) is 6.08. The van der Waals surface area contributed by atoms with Gasteiger partial charge in [-0.15, -0.1) is 6.42 Å². The minimum Gasteiger partial charge on any atom is -0.458 e. The predicted octanol–water partition coefficient (Wildman–Crippen LogP) is 2.91. The van der Waals surface area contributed by atoms with Crippen molar-refractivity contribution in [1.29, 1.82) is 0 Å². The van der Waals surface area contributed by atoms with Crippen LogP contribution in [0.5, 0.6) is 5.88 Å². The van der Waals surface area contributed by atoms with Gasteiger partial charge in [0.05, 0.1) is 5.56 Å². The van der Waals surface area contributed by atoms with Crippen molar-refractivity contribution in [3.63, 3.8) is 0 Å². The molecule has 1 aromatic rings. The molecular weight excluding hydrogens is 238 g/mol. The zero-order chi connectivity index (χ0) is 14.8. The summed E-state index contributed by atoms with van der Waals surface area (Å²) in [6.45, 7) is 11.8. The first-order valence-electron chi connectivity index (χ1n) is 6.34. The Labute approximate surface area is 116 Å². The number of nitrogens with zero attached hydrogens (tertiary/aromatic N) is 2. The van der Waals surface area contributed by atoms with Crippen molar-refractivity contribution in [2.75, 3.05) is 12.4 Å². The lowest BCUT2D eigenvalue weighted by Crippen LogP contribution is -2.28. The average Bonchev–Trinajstić information content (AvgIpc) is 2.30. The number of nitrogens with one attached hydrogen (secondary N) is 1. The molecule has 0 amide bonds. The van der Waals surface area contributed by atoms with E-state index in [0.717, 1.165) is 17.2 Å². The predicted molar refractivity (Wildman–Crippen MR) is 78.6 cm³/mol. The Kier molecular flexibility index (Phi) is 4.09. The Hall–Kier alpha value is -1.76. The van der Waals surface area contributed by atoms with Gasteiger partial charge in [-0.25, -0.2) is 4.98 Å². The molecule has 0 aliphatic rings. The molecule has 1 N–H and O–H groups in total. The molecule has 0 spiro atoms. The number of anilines is 1. The summed E-state index contributed by atoms with van der Waals surface area (Å²) in [4.78, 5) is 9.04. The highest BCUT2D eigenvalue weighted by molar-refractivity contribution is 5.49. The number of rotatable bonds is 3. The van der Waals surface area contributed by atoms with Gasteiger partial charge in [-0.05, 0) is 20.8 Å². The Morgan fingerprint density at radius 2 is 1.74 bits per heavy atom. The summed E-state index contributed by atoms with van der Waals surface area (Å²) in [7, 11) is 1.83. The zero-order valence-corrected chi connectivity index (χ0v) is 12.9. The standard InChI is InChI=1S/C15H23N3O/c1-9-15(6,7)19-12-10(2)11(16-8)17-13(18-12)14(3,4)5/h1H,2-8H3,(H,16,17,18). The first-order chi connectivity index (χ1) is 8.60. The summed E-state index contributed by atoms with van der Waals surface area (Å²) in [6.07, 6.45) is 5.46. The van der Waals surface area contributed by atoms with Crippen LogP contribution >= 0.6 is 0 Å². The molecule has 1 heterocycles. The molecule has 4 nitrogen and oxygen atoms in total. The summed E-state index contributed by atoms with van der Waals surface area (Å²) in [5.74, 6) is 4.64. The van der Waals surface area contributed by atoms with E-state index in [9.17, 15) is 0 Å². The van der Waals surface area contributed by atoms with Gasteiger partial charge in [-0.3, -0.25) is 0 Å². The summed E-state index contributed by atoms with van der Waals surface area (Å²) in [5, 5.41) is 3.07. The summed E-state index contributed by atoms with van der Waals surface area (Å²) in [5.41, 5.74) is 0.00980. The molecule has 104 valence electrons. The van der Waals surface area contributed by atoms with Gasteiger partial charge in [-0.1, -0.05) is 26.7 Å². The minimum absolute atomic E-state index is 0.155. The Balaban J connectivity index is 3.35. The van der Waals surface area contributed by atoms with Gasteiger partial charge in [0.15, 0.2) is 5.60 Å². The quantitative estimate of drug-likeness (QED) is 0.850. The third kappa shape index (κ3) is 3.60. The number of ether oxygens (including phenoxy) is 1. The highest BCUT2D eigenvalue weighted by Crippen LogP contribution is 2.29. The fourth-order valence-corrected chi connectivity index (χ4v) is 1.45. The minimum atomic E-state index is -0.695. The molecule has 0 saturated heterocycles. The van der Waals surface area contributed by atoms with Crippen molar-refractivity contribution in [2.45, 2.75) is 52.6 Å². The van der Waals surface area contributed by atoms with Crippen LogP contribution in [-0.4, -0.2) is 22.6 Å². The molecule has 0 atom stereocenters. The third-order valence-corrected chi connectivity index (χ3v) is 2.71. The molecule has 4 heteroatoms. The number of hydrogen-bond donors (Lipinski definition) is 1. The van der Waals surface area contributed by atoms with Crippen molar-refractivity contribution in [3.05, 3.63) is 11.4 Å². The second-order valence-electron chi connectivity index (χ2n) is 6.08. The van der Waals surface area contributed by atoms with E-state index in [0.29, 0.717) is 5.88 Å². The zero-order valence-electron chi connectivity index (χ0n) is 12.9. The highest BCUT2D eigenvalue weighted by Gasteiger charge is 2.24. The molecule has 0 aromatic carbocycles. The van der Waals surface area contributed by atoms with Gasteiger partial charge in [0.1, 0.15) is 11.6 Å². The molecule has 0 unspecified atom stereocenters. The van der Waals surface area contributed by atoms with E-state index in [1.807, 2.05) is 27.8 Å². The van der Waals surface area contributed by atoms with Crippen LogP contribution in [0.3, 0.4) is 0 Å². The van der Waals surface area contributed by atoms with Gasteiger partial charge in [0, 0.05) is 12.5 Å². The van der Waals surface area contributed by atoms with Crippen LogP contribution < -0.4 is 10.1 Å². The lowest BCUT2D eigenvalue weighted by atomic mass is 9.95. The normalized spacial score (nSPS) is 11.9. The maximum atomic E-state index is 5.83. The lowest BCUT2D eigenvalue weighted by Gasteiger charge is -2.24. The van der Waals surface area contributed by atoms with Gasteiger partial charge >= 0.3 is 0 Å². The molecule has 19 heavy (non-hydrogen) atoms. The van der Waals surface area contributed by atoms with Gasteiger partial charge in [-0.2, -0.15) is 4.98 Å². The SMILES string of the molecule is C#CC(C)(C)Oc1nc(C(C)(C)C)nc(NC)c1C. The van der Waals surface area contributed by atoms with Crippen LogP contribution in [0.15, 0.2) is 0 Å². The van der Waals surface area contributed by atoms with E-state index in [-0.39, 0.29) is 5.41 Å². The monoisotopic (exact) mass is 261 g/mol. The Bertz CT molecular complexity index is 507. The van der Waals surface area contributed by atoms with Crippen LogP contribution in [0, 0.1) is 19.3 Å². The number of hydrogen-bond acceptors (Lipinski definition) is 4. The molecular formula is C15H23N3O. The molecule has 0 aliphatic heterocycles. The van der Waals surface area contributed by atoms with Crippen molar-refractivity contribution >= 4 is 5.82 Å².